The van der Waals surface area contributed by atoms with Crippen LogP contribution in [0.1, 0.15) is 28.8 Å². The first-order valence-corrected chi connectivity index (χ1v) is 5.86. The fraction of sp³-hybridized carbons (Fsp3) is 0.214. The van der Waals surface area contributed by atoms with E-state index >= 15 is 0 Å². The van der Waals surface area contributed by atoms with Crippen LogP contribution in [0.2, 0.25) is 0 Å². The first-order chi connectivity index (χ1) is 8.60. The lowest BCUT2D eigenvalue weighted by atomic mass is 10.2. The van der Waals surface area contributed by atoms with Crippen molar-refractivity contribution in [2.75, 3.05) is 11.1 Å². The van der Waals surface area contributed by atoms with Gasteiger partial charge in [0, 0.05) is 17.8 Å². The van der Waals surface area contributed by atoms with Crippen LogP contribution >= 0.6 is 0 Å². The van der Waals surface area contributed by atoms with Crippen molar-refractivity contribution in [1.29, 1.82) is 0 Å². The molecule has 1 aromatic carbocycles. The van der Waals surface area contributed by atoms with E-state index in [1.807, 2.05) is 19.9 Å². The number of rotatable bonds is 3. The Bertz CT molecular complexity index is 573. The molecule has 0 unspecified atom stereocenters. The van der Waals surface area contributed by atoms with Gasteiger partial charge in [-0.15, -0.1) is 0 Å². The van der Waals surface area contributed by atoms with Gasteiger partial charge in [0.2, 0.25) is 0 Å². The maximum Gasteiger partial charge on any atom is 0.291 e. The highest BCUT2D eigenvalue weighted by atomic mass is 16.3. The van der Waals surface area contributed by atoms with E-state index in [4.69, 9.17) is 10.2 Å². The molecule has 0 saturated carbocycles. The van der Waals surface area contributed by atoms with Crippen LogP contribution in [-0.2, 0) is 6.42 Å². The van der Waals surface area contributed by atoms with Crippen LogP contribution in [0.15, 0.2) is 34.7 Å². The van der Waals surface area contributed by atoms with E-state index in [2.05, 4.69) is 5.32 Å². The normalized spacial score (nSPS) is 10.3. The zero-order chi connectivity index (χ0) is 13.1. The summed E-state index contributed by atoms with van der Waals surface area (Å²) in [4.78, 5) is 12.0. The highest BCUT2D eigenvalue weighted by Crippen LogP contribution is 2.19. The average molecular weight is 244 g/mol. The molecule has 18 heavy (non-hydrogen) atoms. The summed E-state index contributed by atoms with van der Waals surface area (Å²) in [6.07, 6.45) is 0.768. The van der Waals surface area contributed by atoms with Crippen LogP contribution in [0.4, 0.5) is 11.4 Å². The Kier molecular flexibility index (Phi) is 3.37. The molecule has 0 fully saturated rings. The second-order valence-electron chi connectivity index (χ2n) is 4.15. The summed E-state index contributed by atoms with van der Waals surface area (Å²) in [6, 6.07) is 8.88. The standard InChI is InChI=1S/C14H16N2O2/c1-3-11-6-7-13(18-11)14(17)16-12-8-10(15)5-4-9(12)2/h4-8H,3,15H2,1-2H3,(H,16,17). The predicted octanol–water partition coefficient (Wildman–Crippen LogP) is 2.98. The lowest BCUT2D eigenvalue weighted by molar-refractivity contribution is 0.0995. The second-order valence-corrected chi connectivity index (χ2v) is 4.15. The quantitative estimate of drug-likeness (QED) is 0.815. The molecule has 0 radical (unpaired) electrons. The number of carbonyl (C=O) groups excluding carboxylic acids is 1. The van der Waals surface area contributed by atoms with Crippen molar-refractivity contribution in [1.82, 2.24) is 0 Å². The molecule has 0 aliphatic carbocycles. The van der Waals surface area contributed by atoms with Gasteiger partial charge in [-0.1, -0.05) is 13.0 Å². The Morgan fingerprint density at radius 1 is 1.33 bits per heavy atom. The summed E-state index contributed by atoms with van der Waals surface area (Å²) in [5.41, 5.74) is 7.97. The molecule has 2 rings (SSSR count). The van der Waals surface area contributed by atoms with Crippen molar-refractivity contribution >= 4 is 17.3 Å². The molecule has 0 atom stereocenters. The highest BCUT2D eigenvalue weighted by Gasteiger charge is 2.12. The van der Waals surface area contributed by atoms with Gasteiger partial charge in [0.05, 0.1) is 0 Å². The highest BCUT2D eigenvalue weighted by molar-refractivity contribution is 6.02. The van der Waals surface area contributed by atoms with Gasteiger partial charge in [0.1, 0.15) is 5.76 Å². The van der Waals surface area contributed by atoms with Gasteiger partial charge in [0.25, 0.3) is 5.91 Å². The molecule has 1 heterocycles. The Morgan fingerprint density at radius 3 is 2.78 bits per heavy atom. The monoisotopic (exact) mass is 244 g/mol. The molecule has 4 heteroatoms. The van der Waals surface area contributed by atoms with Crippen molar-refractivity contribution in [3.63, 3.8) is 0 Å². The maximum absolute atomic E-state index is 12.0. The average Bonchev–Trinajstić information content (AvgIpc) is 2.82. The third-order valence-electron chi connectivity index (χ3n) is 2.74. The zero-order valence-electron chi connectivity index (χ0n) is 10.5. The number of amides is 1. The van der Waals surface area contributed by atoms with Crippen LogP contribution < -0.4 is 11.1 Å². The number of hydrogen-bond acceptors (Lipinski definition) is 3. The lowest BCUT2D eigenvalue weighted by Gasteiger charge is -2.07. The van der Waals surface area contributed by atoms with Gasteiger partial charge in [0.15, 0.2) is 5.76 Å². The topological polar surface area (TPSA) is 68.3 Å². The van der Waals surface area contributed by atoms with Crippen molar-refractivity contribution in [2.24, 2.45) is 0 Å². The number of hydrogen-bond donors (Lipinski definition) is 2. The molecule has 1 aromatic heterocycles. The van der Waals surface area contributed by atoms with Gasteiger partial charge >= 0.3 is 0 Å². The fourth-order valence-corrected chi connectivity index (χ4v) is 1.65. The molecular weight excluding hydrogens is 228 g/mol. The number of nitrogens with two attached hydrogens (primary N) is 1. The third-order valence-corrected chi connectivity index (χ3v) is 2.74. The van der Waals surface area contributed by atoms with Crippen molar-refractivity contribution in [3.8, 4) is 0 Å². The molecule has 3 N–H and O–H groups in total. The van der Waals surface area contributed by atoms with Gasteiger partial charge in [-0.3, -0.25) is 4.79 Å². The molecule has 0 spiro atoms. The van der Waals surface area contributed by atoms with E-state index in [9.17, 15) is 4.79 Å². The molecule has 4 nitrogen and oxygen atoms in total. The largest absolute Gasteiger partial charge is 0.456 e. The van der Waals surface area contributed by atoms with Crippen molar-refractivity contribution in [2.45, 2.75) is 20.3 Å². The molecule has 0 bridgehead atoms. The smallest absolute Gasteiger partial charge is 0.291 e. The Balaban J connectivity index is 2.18. The van der Waals surface area contributed by atoms with Crippen LogP contribution in [0.3, 0.4) is 0 Å². The molecule has 0 aliphatic heterocycles. The molecule has 0 aliphatic rings. The zero-order valence-corrected chi connectivity index (χ0v) is 10.5. The number of furan rings is 1. The van der Waals surface area contributed by atoms with Gasteiger partial charge in [-0.05, 0) is 36.8 Å². The number of nitrogens with one attached hydrogen (secondary N) is 1. The van der Waals surface area contributed by atoms with Crippen LogP contribution in [0.5, 0.6) is 0 Å². The van der Waals surface area contributed by atoms with E-state index in [0.717, 1.165) is 17.7 Å². The number of benzene rings is 1. The Morgan fingerprint density at radius 2 is 2.11 bits per heavy atom. The summed E-state index contributed by atoms with van der Waals surface area (Å²) >= 11 is 0. The molecule has 1 amide bonds. The van der Waals surface area contributed by atoms with Crippen LogP contribution in [-0.4, -0.2) is 5.91 Å². The summed E-state index contributed by atoms with van der Waals surface area (Å²) in [6.45, 7) is 3.89. The second kappa shape index (κ2) is 4.96. The molecular formula is C14H16N2O2. The number of nitrogen functional groups attached to an aromatic ring is 1. The number of anilines is 2. The molecule has 0 saturated heterocycles. The van der Waals surface area contributed by atoms with E-state index in [-0.39, 0.29) is 5.91 Å². The van der Waals surface area contributed by atoms with Gasteiger partial charge < -0.3 is 15.5 Å². The predicted molar refractivity (Wildman–Crippen MR) is 71.6 cm³/mol. The SMILES string of the molecule is CCc1ccc(C(=O)Nc2cc(N)ccc2C)o1. The van der Waals surface area contributed by atoms with E-state index in [0.29, 0.717) is 17.1 Å². The Hall–Kier alpha value is -2.23. The van der Waals surface area contributed by atoms with E-state index in [1.165, 1.54) is 0 Å². The lowest BCUT2D eigenvalue weighted by Crippen LogP contribution is -2.12. The fourth-order valence-electron chi connectivity index (χ4n) is 1.65. The van der Waals surface area contributed by atoms with Crippen LogP contribution in [0, 0.1) is 6.92 Å². The van der Waals surface area contributed by atoms with Crippen molar-refractivity contribution in [3.05, 3.63) is 47.4 Å². The molecule has 2 aromatic rings. The van der Waals surface area contributed by atoms with Gasteiger partial charge in [-0.25, -0.2) is 0 Å². The summed E-state index contributed by atoms with van der Waals surface area (Å²) in [5.74, 6) is 0.849. The minimum atomic E-state index is -0.261. The Labute approximate surface area is 106 Å². The van der Waals surface area contributed by atoms with Crippen molar-refractivity contribution < 1.29 is 9.21 Å². The maximum atomic E-state index is 12.0. The minimum Gasteiger partial charge on any atom is -0.456 e. The third kappa shape index (κ3) is 2.53. The van der Waals surface area contributed by atoms with E-state index in [1.54, 1.807) is 24.3 Å². The van der Waals surface area contributed by atoms with E-state index < -0.39 is 0 Å². The number of aryl methyl sites for hydroxylation is 2. The first-order valence-electron chi connectivity index (χ1n) is 5.86. The summed E-state index contributed by atoms with van der Waals surface area (Å²) in [7, 11) is 0. The van der Waals surface area contributed by atoms with Crippen LogP contribution in [0.25, 0.3) is 0 Å². The summed E-state index contributed by atoms with van der Waals surface area (Å²) < 4.78 is 5.39. The van der Waals surface area contributed by atoms with Gasteiger partial charge in [-0.2, -0.15) is 0 Å². The first kappa shape index (κ1) is 12.2. The number of carbonyl (C=O) groups is 1. The molecule has 94 valence electrons. The minimum absolute atomic E-state index is 0.261. The summed E-state index contributed by atoms with van der Waals surface area (Å²) in [5, 5.41) is 2.79.